The van der Waals surface area contributed by atoms with Gasteiger partial charge in [0.1, 0.15) is 0 Å². The molecule has 0 aromatic rings. The van der Waals surface area contributed by atoms with Crippen molar-refractivity contribution < 1.29 is 9.22 Å². The Labute approximate surface area is 135 Å². The van der Waals surface area contributed by atoms with E-state index < -0.39 is 8.32 Å². The van der Waals surface area contributed by atoms with E-state index in [-0.39, 0.29) is 11.9 Å². The van der Waals surface area contributed by atoms with Gasteiger partial charge in [-0.1, -0.05) is 32.9 Å². The molecule has 0 amide bonds. The van der Waals surface area contributed by atoms with E-state index in [1.54, 1.807) is 0 Å². The number of carbonyl (C=O) groups excluding carboxylic acids is 1. The summed E-state index contributed by atoms with van der Waals surface area (Å²) in [5, 5.41) is 0. The summed E-state index contributed by atoms with van der Waals surface area (Å²) >= 11 is 0. The summed E-state index contributed by atoms with van der Waals surface area (Å²) in [6.45, 7) is 6.64. The molecule has 4 aliphatic rings. The van der Waals surface area contributed by atoms with E-state index in [0.717, 1.165) is 54.1 Å². The van der Waals surface area contributed by atoms with Gasteiger partial charge in [-0.25, -0.2) is 0 Å². The zero-order valence-corrected chi connectivity index (χ0v) is 15.3. The Hall–Kier alpha value is -0.573. The Morgan fingerprint density at radius 3 is 2.27 bits per heavy atom. The van der Waals surface area contributed by atoms with Crippen molar-refractivity contribution in [1.29, 1.82) is 0 Å². The van der Waals surface area contributed by atoms with Gasteiger partial charge in [0.05, 0.1) is 5.92 Å². The molecule has 4 rings (SSSR count). The first-order valence-corrected chi connectivity index (χ1v) is 12.1. The average molecular weight is 319 g/mol. The maximum atomic E-state index is 12.9. The van der Waals surface area contributed by atoms with Crippen LogP contribution in [0.2, 0.25) is 18.1 Å². The van der Waals surface area contributed by atoms with Gasteiger partial charge in [0.15, 0.2) is 0 Å². The highest BCUT2D eigenvalue weighted by atomic mass is 28.4. The molecule has 3 fully saturated rings. The van der Waals surface area contributed by atoms with Crippen LogP contribution in [-0.2, 0) is 9.22 Å². The van der Waals surface area contributed by atoms with Crippen LogP contribution in [0.15, 0.2) is 12.2 Å². The molecule has 4 aliphatic carbocycles. The fourth-order valence-corrected chi connectivity index (χ4v) is 9.05. The third-order valence-electron chi connectivity index (χ3n) is 7.82. The lowest BCUT2D eigenvalue weighted by atomic mass is 9.69. The first-order chi connectivity index (χ1) is 10.6. The van der Waals surface area contributed by atoms with E-state index in [1.165, 1.54) is 12.8 Å². The molecule has 7 unspecified atom stereocenters. The van der Waals surface area contributed by atoms with Crippen LogP contribution in [-0.4, -0.2) is 14.3 Å². The first-order valence-electron chi connectivity index (χ1n) is 9.53. The largest absolute Gasteiger partial charge is 0.519 e. The van der Waals surface area contributed by atoms with Crippen molar-refractivity contribution in [2.24, 2.45) is 41.4 Å². The van der Waals surface area contributed by atoms with Crippen LogP contribution in [0.5, 0.6) is 0 Å². The highest BCUT2D eigenvalue weighted by Crippen LogP contribution is 2.67. The Kier molecular flexibility index (Phi) is 3.56. The molecule has 0 heterocycles. The van der Waals surface area contributed by atoms with Crippen molar-refractivity contribution >= 4 is 14.3 Å². The molecule has 0 N–H and O–H groups in total. The summed E-state index contributed by atoms with van der Waals surface area (Å²) < 4.78 is 6.23. The lowest BCUT2D eigenvalue weighted by Crippen LogP contribution is -2.43. The number of hydrogen-bond donors (Lipinski definition) is 0. The van der Waals surface area contributed by atoms with E-state index in [0.29, 0.717) is 5.92 Å². The quantitative estimate of drug-likeness (QED) is 0.420. The topological polar surface area (TPSA) is 26.3 Å². The van der Waals surface area contributed by atoms with Gasteiger partial charge < -0.3 is 4.43 Å². The van der Waals surface area contributed by atoms with Crippen molar-refractivity contribution in [2.45, 2.75) is 58.2 Å². The smallest absolute Gasteiger partial charge is 0.295 e. The normalized spacial score (nSPS) is 44.6. The molecule has 4 bridgehead atoms. The van der Waals surface area contributed by atoms with Crippen molar-refractivity contribution in [3.63, 3.8) is 0 Å². The van der Waals surface area contributed by atoms with Gasteiger partial charge in [0.2, 0.25) is 0 Å². The van der Waals surface area contributed by atoms with Gasteiger partial charge in [-0.2, -0.15) is 0 Å². The molecule has 22 heavy (non-hydrogen) atoms. The zero-order chi connectivity index (χ0) is 15.5. The van der Waals surface area contributed by atoms with Crippen molar-refractivity contribution in [1.82, 2.24) is 0 Å². The second-order valence-electron chi connectivity index (χ2n) is 8.27. The molecule has 0 radical (unpaired) electrons. The van der Waals surface area contributed by atoms with Crippen molar-refractivity contribution in [3.8, 4) is 0 Å². The van der Waals surface area contributed by atoms with Crippen LogP contribution in [0.3, 0.4) is 0 Å². The average Bonchev–Trinajstić information content (AvgIpc) is 3.30. The van der Waals surface area contributed by atoms with Gasteiger partial charge in [0.25, 0.3) is 14.3 Å². The van der Waals surface area contributed by atoms with Crippen LogP contribution < -0.4 is 0 Å². The van der Waals surface area contributed by atoms with Crippen LogP contribution in [0.25, 0.3) is 0 Å². The monoisotopic (exact) mass is 318 g/mol. The summed E-state index contributed by atoms with van der Waals surface area (Å²) in [4.78, 5) is 12.9. The summed E-state index contributed by atoms with van der Waals surface area (Å²) in [7, 11) is -1.79. The van der Waals surface area contributed by atoms with Crippen LogP contribution in [0, 0.1) is 41.4 Å². The highest BCUT2D eigenvalue weighted by molar-refractivity contribution is 6.74. The highest BCUT2D eigenvalue weighted by Gasteiger charge is 2.62. The lowest BCUT2D eigenvalue weighted by Gasteiger charge is -2.37. The van der Waals surface area contributed by atoms with E-state index in [9.17, 15) is 4.79 Å². The van der Waals surface area contributed by atoms with E-state index >= 15 is 0 Å². The summed E-state index contributed by atoms with van der Waals surface area (Å²) in [6.07, 6.45) is 8.74. The number of carbonyl (C=O) groups is 1. The van der Waals surface area contributed by atoms with E-state index in [4.69, 9.17) is 4.43 Å². The second kappa shape index (κ2) is 5.22. The maximum absolute atomic E-state index is 12.9. The minimum absolute atomic E-state index is 0.190. The molecule has 0 aromatic heterocycles. The Bertz CT molecular complexity index is 487. The van der Waals surface area contributed by atoms with Gasteiger partial charge >= 0.3 is 0 Å². The van der Waals surface area contributed by atoms with Gasteiger partial charge in [-0.05, 0) is 72.9 Å². The van der Waals surface area contributed by atoms with E-state index in [2.05, 4.69) is 32.9 Å². The van der Waals surface area contributed by atoms with Crippen LogP contribution in [0.1, 0.15) is 40.0 Å². The zero-order valence-electron chi connectivity index (χ0n) is 14.3. The molecular formula is C19H30O2Si. The number of rotatable bonds is 5. The fourth-order valence-electron chi connectivity index (χ4n) is 6.54. The molecule has 122 valence electrons. The predicted octanol–water partition coefficient (Wildman–Crippen LogP) is 4.63. The number of allylic oxidation sites excluding steroid dienone is 2. The molecule has 0 aliphatic heterocycles. The molecule has 0 spiro atoms. The van der Waals surface area contributed by atoms with Gasteiger partial charge in [-0.15, -0.1) is 0 Å². The maximum Gasteiger partial charge on any atom is 0.295 e. The third-order valence-corrected chi connectivity index (χ3v) is 12.3. The molecule has 3 heteroatoms. The standard InChI is InChI=1S/C19H30O2Si/c1-4-22(5-2,6-3)21-19(20)16-11-14-10-15(16)18-13-8-7-12(9-13)17(14)18/h7-8,12-18H,4-6,9-11H2,1-3H3. The van der Waals surface area contributed by atoms with Gasteiger partial charge in [0, 0.05) is 0 Å². The SMILES string of the molecule is CC[Si](CC)(CC)OC(=O)C1CC2CC1C1C3C=CC(C3)C21. The van der Waals surface area contributed by atoms with E-state index in [1.807, 2.05) is 0 Å². The lowest BCUT2D eigenvalue weighted by molar-refractivity contribution is -0.143. The Balaban J connectivity index is 1.49. The fraction of sp³-hybridized carbons (Fsp3) is 0.842. The first kappa shape index (κ1) is 15.0. The Morgan fingerprint density at radius 1 is 1.00 bits per heavy atom. The molecule has 3 saturated carbocycles. The number of hydrogen-bond acceptors (Lipinski definition) is 2. The predicted molar refractivity (Wildman–Crippen MR) is 90.7 cm³/mol. The second-order valence-corrected chi connectivity index (χ2v) is 13.0. The number of fused-ring (bicyclic) bond motifs is 9. The molecule has 7 atom stereocenters. The van der Waals surface area contributed by atoms with Crippen molar-refractivity contribution in [3.05, 3.63) is 12.2 Å². The molecule has 2 nitrogen and oxygen atoms in total. The Morgan fingerprint density at radius 2 is 1.64 bits per heavy atom. The van der Waals surface area contributed by atoms with Crippen LogP contribution >= 0.6 is 0 Å². The molecule has 0 aromatic carbocycles. The minimum Gasteiger partial charge on any atom is -0.519 e. The van der Waals surface area contributed by atoms with Gasteiger partial charge in [-0.3, -0.25) is 4.79 Å². The minimum atomic E-state index is -1.79. The summed E-state index contributed by atoms with van der Waals surface area (Å²) in [6, 6.07) is 3.23. The summed E-state index contributed by atoms with van der Waals surface area (Å²) in [5.41, 5.74) is 0. The molecular weight excluding hydrogens is 288 g/mol. The van der Waals surface area contributed by atoms with Crippen molar-refractivity contribution in [2.75, 3.05) is 0 Å². The summed E-state index contributed by atoms with van der Waals surface area (Å²) in [5.74, 6) is 5.23. The van der Waals surface area contributed by atoms with Crippen LogP contribution in [0.4, 0.5) is 0 Å². The third kappa shape index (κ3) is 1.93. The molecule has 0 saturated heterocycles.